The van der Waals surface area contributed by atoms with Crippen molar-refractivity contribution in [2.45, 2.75) is 58.8 Å². The first kappa shape index (κ1) is 34.5. The molecule has 1 aliphatic carbocycles. The number of fused-ring (bicyclic) bond motifs is 3. The minimum absolute atomic E-state index is 0.174. The molecule has 1 aliphatic rings. The van der Waals surface area contributed by atoms with Crippen LogP contribution in [0.5, 0.6) is 0 Å². The normalized spacial score (nSPS) is 12.7. The molecule has 0 saturated heterocycles. The Hall–Kier alpha value is -3.88. The van der Waals surface area contributed by atoms with E-state index in [0.717, 1.165) is 35.9 Å². The van der Waals surface area contributed by atoms with E-state index in [1.54, 1.807) is 12.1 Å². The molecule has 0 aliphatic heterocycles. The molecule has 6 aromatic rings. The van der Waals surface area contributed by atoms with Gasteiger partial charge in [-0.05, 0) is 16.9 Å². The predicted octanol–water partition coefficient (Wildman–Crippen LogP) is 12.1. The topological polar surface area (TPSA) is 0 Å². The molecule has 234 valence electrons. The summed E-state index contributed by atoms with van der Waals surface area (Å²) in [5.74, 6) is -0.174. The van der Waals surface area contributed by atoms with Gasteiger partial charge in [-0.2, -0.15) is 17.7 Å². The standard InChI is InChI=1S/C21H25.C13H10.C11H8F.Hf/c1-20(2,3)16-7-9-18-14(12-16)11-15-13-17(21(4,5)6)8-10-19(15)18;1-3-7-12(8-4-1)11-13-9-5-2-6-10-13;12-11-8-4-3-7-10(11)9-5-1-2-6-9;/h7-13H,1-6H3;1-10H;1,3-5,7-8H,2H2;/q-1;;-1;+2. The van der Waals surface area contributed by atoms with E-state index in [4.69, 9.17) is 0 Å². The Morgan fingerprint density at radius 3 is 1.53 bits per heavy atom. The van der Waals surface area contributed by atoms with Crippen LogP contribution in [0.2, 0.25) is 0 Å². The molecular weight excluding hydrogens is 738 g/mol. The Balaban J connectivity index is 0.000000145. The summed E-state index contributed by atoms with van der Waals surface area (Å²) in [4.78, 5) is 0. The number of rotatable bonds is 3. The molecule has 6 aromatic carbocycles. The third kappa shape index (κ3) is 8.73. The Morgan fingerprint density at radius 2 is 1.11 bits per heavy atom. The molecule has 0 nitrogen and oxygen atoms in total. The summed E-state index contributed by atoms with van der Waals surface area (Å²) in [6.07, 6.45) is 7.75. The van der Waals surface area contributed by atoms with Crippen LogP contribution in [0, 0.1) is 11.9 Å². The molecule has 0 N–H and O–H groups in total. The summed E-state index contributed by atoms with van der Waals surface area (Å²) >= 11 is 1.08. The monoisotopic (exact) mass is 782 g/mol. The molecule has 0 amide bonds. The van der Waals surface area contributed by atoms with Crippen LogP contribution in [0.1, 0.15) is 75.8 Å². The zero-order valence-electron chi connectivity index (χ0n) is 28.4. The Kier molecular flexibility index (Phi) is 10.9. The van der Waals surface area contributed by atoms with Crippen molar-refractivity contribution in [1.29, 1.82) is 0 Å². The summed E-state index contributed by atoms with van der Waals surface area (Å²) in [7, 11) is 0. The maximum atomic E-state index is 13.1. The first-order valence-electron chi connectivity index (χ1n) is 16.3. The molecule has 0 aromatic heterocycles. The second-order valence-electron chi connectivity index (χ2n) is 14.0. The molecule has 0 bridgehead atoms. The third-order valence-corrected chi connectivity index (χ3v) is 10.5. The van der Waals surface area contributed by atoms with Crippen molar-refractivity contribution in [3.8, 4) is 0 Å². The fraction of sp³-hybridized carbons (Fsp3) is 0.200. The number of benzene rings is 5. The van der Waals surface area contributed by atoms with Gasteiger partial charge in [-0.25, -0.2) is 4.39 Å². The second kappa shape index (κ2) is 14.9. The summed E-state index contributed by atoms with van der Waals surface area (Å²) in [5.41, 5.74) is 7.43. The molecule has 0 heterocycles. The zero-order chi connectivity index (χ0) is 33.6. The molecule has 7 rings (SSSR count). The quantitative estimate of drug-likeness (QED) is 0.124. The van der Waals surface area contributed by atoms with Gasteiger partial charge in [0.05, 0.1) is 5.82 Å². The SMILES string of the molecule is CC(C)(C)c1ccc2c(c1)[cH-]c1cc(C(C)(C)C)ccc12.Fc1ccccc1C1=[C-]CC=C1.[Hf+2]=[C](c1ccccc1)c1ccccc1. The van der Waals surface area contributed by atoms with Crippen LogP contribution < -0.4 is 0 Å². The van der Waals surface area contributed by atoms with E-state index < -0.39 is 0 Å². The maximum absolute atomic E-state index is 13.1. The minimum atomic E-state index is -0.174. The van der Waals surface area contributed by atoms with Crippen molar-refractivity contribution in [2.75, 3.05) is 0 Å². The van der Waals surface area contributed by atoms with Crippen LogP contribution in [0.3, 0.4) is 0 Å². The van der Waals surface area contributed by atoms with Gasteiger partial charge in [0.2, 0.25) is 0 Å². The molecule has 0 atom stereocenters. The fourth-order valence-electron chi connectivity index (χ4n) is 5.60. The number of hydrogen-bond acceptors (Lipinski definition) is 0. The molecule has 0 spiro atoms. The molecule has 0 unspecified atom stereocenters. The predicted molar refractivity (Wildman–Crippen MR) is 197 cm³/mol. The van der Waals surface area contributed by atoms with Gasteiger partial charge in [-0.3, -0.25) is 0 Å². The first-order chi connectivity index (χ1) is 22.4. The van der Waals surface area contributed by atoms with Crippen molar-refractivity contribution in [1.82, 2.24) is 0 Å². The second-order valence-corrected chi connectivity index (χ2v) is 15.8. The zero-order valence-corrected chi connectivity index (χ0v) is 32.0. The van der Waals surface area contributed by atoms with E-state index >= 15 is 0 Å². The van der Waals surface area contributed by atoms with Gasteiger partial charge in [0.25, 0.3) is 0 Å². The van der Waals surface area contributed by atoms with E-state index in [2.05, 4.69) is 151 Å². The van der Waals surface area contributed by atoms with Crippen molar-refractivity contribution in [3.63, 3.8) is 0 Å². The number of halogens is 1. The van der Waals surface area contributed by atoms with Gasteiger partial charge in [-0.1, -0.05) is 101 Å². The summed E-state index contributed by atoms with van der Waals surface area (Å²) in [6, 6.07) is 44.1. The number of allylic oxidation sites excluding steroid dienone is 4. The van der Waals surface area contributed by atoms with Crippen LogP contribution >= 0.6 is 0 Å². The summed E-state index contributed by atoms with van der Waals surface area (Å²) in [6.45, 7) is 13.6. The molecule has 0 radical (unpaired) electrons. The average Bonchev–Trinajstić information content (AvgIpc) is 3.73. The third-order valence-electron chi connectivity index (χ3n) is 8.42. The van der Waals surface area contributed by atoms with Crippen LogP contribution in [0.15, 0.2) is 140 Å². The van der Waals surface area contributed by atoms with Crippen molar-refractivity contribution < 1.29 is 28.3 Å². The Morgan fingerprint density at radius 1 is 0.638 bits per heavy atom. The van der Waals surface area contributed by atoms with Gasteiger partial charge < -0.3 is 0 Å². The van der Waals surface area contributed by atoms with Crippen LogP contribution in [0.4, 0.5) is 4.39 Å². The first-order valence-corrected chi connectivity index (χ1v) is 18.1. The molecule has 0 fully saturated rings. The Labute approximate surface area is 295 Å². The van der Waals surface area contributed by atoms with Crippen molar-refractivity contribution >= 4 is 30.4 Å². The number of hydrogen-bond donors (Lipinski definition) is 0. The Bertz CT molecular complexity index is 1920. The van der Waals surface area contributed by atoms with Gasteiger partial charge >= 0.3 is 98.9 Å². The van der Waals surface area contributed by atoms with E-state index in [0.29, 0.717) is 5.56 Å². The van der Waals surface area contributed by atoms with Gasteiger partial charge in [0, 0.05) is 0 Å². The van der Waals surface area contributed by atoms with Crippen LogP contribution in [-0.2, 0) is 34.7 Å². The van der Waals surface area contributed by atoms with Crippen LogP contribution in [0.25, 0.3) is 27.1 Å². The molecular formula is C45H43FHf. The molecule has 2 heteroatoms. The van der Waals surface area contributed by atoms with Crippen molar-refractivity contribution in [3.05, 3.63) is 179 Å². The van der Waals surface area contributed by atoms with Crippen molar-refractivity contribution in [2.24, 2.45) is 0 Å². The van der Waals surface area contributed by atoms with E-state index in [1.807, 2.05) is 18.2 Å². The van der Waals surface area contributed by atoms with E-state index in [-0.39, 0.29) is 16.6 Å². The summed E-state index contributed by atoms with van der Waals surface area (Å²) in [5, 5.41) is 5.48. The molecule has 47 heavy (non-hydrogen) atoms. The average molecular weight is 781 g/mol. The summed E-state index contributed by atoms with van der Waals surface area (Å²) < 4.78 is 14.6. The van der Waals surface area contributed by atoms with Crippen LogP contribution in [-0.4, -0.2) is 3.26 Å². The van der Waals surface area contributed by atoms with Gasteiger partial charge in [0.1, 0.15) is 0 Å². The molecule has 0 saturated carbocycles. The fourth-order valence-corrected chi connectivity index (χ4v) is 6.80. The van der Waals surface area contributed by atoms with Gasteiger partial charge in [0.15, 0.2) is 0 Å². The van der Waals surface area contributed by atoms with Gasteiger partial charge in [-0.15, -0.1) is 51.9 Å². The van der Waals surface area contributed by atoms with E-state index in [1.165, 1.54) is 53.1 Å². The van der Waals surface area contributed by atoms with E-state index in [9.17, 15) is 4.39 Å².